The number of piperazine rings is 1. The standard InChI is InChI=1S/C16H24N4OS/c1-17-15-4-2-3-5-16(15)18-14-22-13-11-20-8-6-19(7-9-20)10-12-21/h2-5,12,18H,1,6-11,13-14H2. The van der Waals surface area contributed by atoms with E-state index in [0.29, 0.717) is 6.54 Å². The molecule has 1 aliphatic heterocycles. The van der Waals surface area contributed by atoms with Crippen LogP contribution in [0.1, 0.15) is 0 Å². The van der Waals surface area contributed by atoms with Crippen LogP contribution < -0.4 is 5.32 Å². The Morgan fingerprint density at radius 1 is 1.23 bits per heavy atom. The van der Waals surface area contributed by atoms with Crippen molar-refractivity contribution < 1.29 is 4.79 Å². The predicted octanol–water partition coefficient (Wildman–Crippen LogP) is 1.94. The summed E-state index contributed by atoms with van der Waals surface area (Å²) >= 11 is 1.89. The maximum Gasteiger partial charge on any atom is 0.133 e. The summed E-state index contributed by atoms with van der Waals surface area (Å²) in [4.78, 5) is 19.2. The van der Waals surface area contributed by atoms with E-state index in [-0.39, 0.29) is 0 Å². The van der Waals surface area contributed by atoms with E-state index in [4.69, 9.17) is 0 Å². The van der Waals surface area contributed by atoms with Gasteiger partial charge in [-0.2, -0.15) is 0 Å². The lowest BCUT2D eigenvalue weighted by Crippen LogP contribution is -2.47. The van der Waals surface area contributed by atoms with Crippen LogP contribution in [0.5, 0.6) is 0 Å². The number of rotatable bonds is 9. The van der Waals surface area contributed by atoms with Crippen molar-refractivity contribution in [2.45, 2.75) is 0 Å². The molecule has 0 amide bonds. The molecule has 22 heavy (non-hydrogen) atoms. The third-order valence-corrected chi connectivity index (χ3v) is 4.61. The maximum absolute atomic E-state index is 10.5. The number of benzene rings is 1. The highest BCUT2D eigenvalue weighted by Crippen LogP contribution is 2.23. The summed E-state index contributed by atoms with van der Waals surface area (Å²) in [5.74, 6) is 1.97. The SMILES string of the molecule is C=Nc1ccccc1NCSCCN1CCN(CC=O)CC1. The van der Waals surface area contributed by atoms with Gasteiger partial charge in [-0.3, -0.25) is 14.8 Å². The molecule has 0 radical (unpaired) electrons. The fourth-order valence-electron chi connectivity index (χ4n) is 2.46. The molecule has 0 aromatic heterocycles. The van der Waals surface area contributed by atoms with Crippen LogP contribution in [0.4, 0.5) is 11.4 Å². The summed E-state index contributed by atoms with van der Waals surface area (Å²) in [5, 5.41) is 3.39. The van der Waals surface area contributed by atoms with Gasteiger partial charge >= 0.3 is 0 Å². The number of carbonyl (C=O) groups excluding carboxylic acids is 1. The number of thioether (sulfide) groups is 1. The molecule has 0 aliphatic carbocycles. The number of para-hydroxylation sites is 2. The third kappa shape index (κ3) is 5.44. The fourth-order valence-corrected chi connectivity index (χ4v) is 3.25. The van der Waals surface area contributed by atoms with E-state index in [1.54, 1.807) is 0 Å². The zero-order chi connectivity index (χ0) is 15.6. The van der Waals surface area contributed by atoms with Gasteiger partial charge in [0.1, 0.15) is 6.29 Å². The first-order chi connectivity index (χ1) is 10.8. The Hall–Kier alpha value is -1.37. The average molecular weight is 320 g/mol. The van der Waals surface area contributed by atoms with Crippen LogP contribution in [-0.4, -0.2) is 73.7 Å². The van der Waals surface area contributed by atoms with Crippen LogP contribution in [0.15, 0.2) is 29.3 Å². The van der Waals surface area contributed by atoms with Crippen LogP contribution >= 0.6 is 11.8 Å². The third-order valence-electron chi connectivity index (χ3n) is 3.79. The van der Waals surface area contributed by atoms with Crippen LogP contribution in [0.3, 0.4) is 0 Å². The van der Waals surface area contributed by atoms with E-state index in [1.807, 2.05) is 36.0 Å². The van der Waals surface area contributed by atoms with E-state index in [1.165, 1.54) is 0 Å². The molecule has 1 fully saturated rings. The lowest BCUT2D eigenvalue weighted by Gasteiger charge is -2.33. The van der Waals surface area contributed by atoms with Gasteiger partial charge < -0.3 is 10.1 Å². The number of anilines is 1. The van der Waals surface area contributed by atoms with Gasteiger partial charge in [0.25, 0.3) is 0 Å². The van der Waals surface area contributed by atoms with Crippen molar-refractivity contribution in [1.29, 1.82) is 0 Å². The Bertz CT molecular complexity index is 475. The zero-order valence-corrected chi connectivity index (χ0v) is 13.7. The summed E-state index contributed by atoms with van der Waals surface area (Å²) in [6.45, 7) is 9.38. The lowest BCUT2D eigenvalue weighted by atomic mass is 10.3. The van der Waals surface area contributed by atoms with E-state index in [0.717, 1.165) is 62.0 Å². The van der Waals surface area contributed by atoms with Crippen LogP contribution in [0, 0.1) is 0 Å². The molecule has 0 unspecified atom stereocenters. The molecular weight excluding hydrogens is 296 g/mol. The minimum absolute atomic E-state index is 0.573. The summed E-state index contributed by atoms with van der Waals surface area (Å²) in [7, 11) is 0. The molecule has 1 aliphatic rings. The largest absolute Gasteiger partial charge is 0.374 e. The fraction of sp³-hybridized carbons (Fsp3) is 0.500. The van der Waals surface area contributed by atoms with Crippen molar-refractivity contribution in [3.8, 4) is 0 Å². The molecule has 0 atom stereocenters. The van der Waals surface area contributed by atoms with Gasteiger partial charge in [0.2, 0.25) is 0 Å². The topological polar surface area (TPSA) is 47.9 Å². The Morgan fingerprint density at radius 2 is 1.95 bits per heavy atom. The lowest BCUT2D eigenvalue weighted by molar-refractivity contribution is -0.109. The Morgan fingerprint density at radius 3 is 2.68 bits per heavy atom. The smallest absolute Gasteiger partial charge is 0.133 e. The maximum atomic E-state index is 10.5. The Kier molecular flexibility index (Phi) is 7.42. The summed E-state index contributed by atoms with van der Waals surface area (Å²) in [6, 6.07) is 7.95. The summed E-state index contributed by atoms with van der Waals surface area (Å²) < 4.78 is 0. The normalized spacial score (nSPS) is 16.4. The van der Waals surface area contributed by atoms with E-state index >= 15 is 0 Å². The molecule has 1 aromatic carbocycles. The molecule has 5 nitrogen and oxygen atoms in total. The van der Waals surface area contributed by atoms with Gasteiger partial charge in [-0.1, -0.05) is 12.1 Å². The molecule has 0 spiro atoms. The molecule has 1 saturated heterocycles. The molecule has 6 heteroatoms. The summed E-state index contributed by atoms with van der Waals surface area (Å²) in [5.41, 5.74) is 1.93. The number of hydrogen-bond acceptors (Lipinski definition) is 6. The quantitative estimate of drug-likeness (QED) is 0.326. The number of nitrogens with one attached hydrogen (secondary N) is 1. The second kappa shape index (κ2) is 9.61. The monoisotopic (exact) mass is 320 g/mol. The molecule has 1 heterocycles. The molecule has 0 saturated carbocycles. The van der Waals surface area contributed by atoms with Crippen molar-refractivity contribution >= 4 is 36.1 Å². The molecule has 2 rings (SSSR count). The number of nitrogens with zero attached hydrogens (tertiary/aromatic N) is 3. The highest BCUT2D eigenvalue weighted by atomic mass is 32.2. The van der Waals surface area contributed by atoms with E-state index in [9.17, 15) is 4.79 Å². The van der Waals surface area contributed by atoms with Crippen molar-refractivity contribution in [3.63, 3.8) is 0 Å². The number of aldehydes is 1. The first kappa shape index (κ1) is 17.0. The van der Waals surface area contributed by atoms with Crippen LogP contribution in [-0.2, 0) is 4.79 Å². The minimum Gasteiger partial charge on any atom is -0.374 e. The second-order valence-corrected chi connectivity index (χ2v) is 6.32. The van der Waals surface area contributed by atoms with Gasteiger partial charge in [-0.25, -0.2) is 0 Å². The zero-order valence-electron chi connectivity index (χ0n) is 12.9. The molecular formula is C16H24N4OS. The van der Waals surface area contributed by atoms with E-state index in [2.05, 4.69) is 26.8 Å². The first-order valence-corrected chi connectivity index (χ1v) is 8.74. The van der Waals surface area contributed by atoms with Crippen molar-refractivity contribution in [1.82, 2.24) is 9.80 Å². The van der Waals surface area contributed by atoms with Gasteiger partial charge in [0.05, 0.1) is 23.8 Å². The Labute approximate surface area is 136 Å². The molecule has 0 bridgehead atoms. The van der Waals surface area contributed by atoms with Gasteiger partial charge in [0, 0.05) is 38.5 Å². The Balaban J connectivity index is 1.58. The van der Waals surface area contributed by atoms with Crippen LogP contribution in [0.25, 0.3) is 0 Å². The predicted molar refractivity (Wildman–Crippen MR) is 95.5 cm³/mol. The minimum atomic E-state index is 0.573. The number of carbonyl (C=O) groups is 1. The number of hydrogen-bond donors (Lipinski definition) is 1. The highest BCUT2D eigenvalue weighted by molar-refractivity contribution is 7.99. The van der Waals surface area contributed by atoms with Gasteiger partial charge in [0.15, 0.2) is 0 Å². The average Bonchev–Trinajstić information content (AvgIpc) is 2.57. The van der Waals surface area contributed by atoms with Crippen molar-refractivity contribution in [3.05, 3.63) is 24.3 Å². The second-order valence-electron chi connectivity index (χ2n) is 5.21. The van der Waals surface area contributed by atoms with Crippen molar-refractivity contribution in [2.75, 3.05) is 56.2 Å². The molecule has 1 N–H and O–H groups in total. The number of aliphatic imine (C=N–C) groups is 1. The van der Waals surface area contributed by atoms with Crippen molar-refractivity contribution in [2.24, 2.45) is 4.99 Å². The van der Waals surface area contributed by atoms with E-state index < -0.39 is 0 Å². The summed E-state index contributed by atoms with van der Waals surface area (Å²) in [6.07, 6.45) is 0.993. The highest BCUT2D eigenvalue weighted by Gasteiger charge is 2.15. The molecule has 1 aromatic rings. The first-order valence-electron chi connectivity index (χ1n) is 7.59. The molecule has 120 valence electrons. The van der Waals surface area contributed by atoms with Gasteiger partial charge in [-0.15, -0.1) is 11.8 Å². The van der Waals surface area contributed by atoms with Gasteiger partial charge in [-0.05, 0) is 18.9 Å². The van der Waals surface area contributed by atoms with Crippen LogP contribution in [0.2, 0.25) is 0 Å².